The molecule has 2 fully saturated rings. The minimum atomic E-state index is -0.129. The Hall–Kier alpha value is -1.10. The lowest BCUT2D eigenvalue weighted by Crippen LogP contribution is -2.46. The van der Waals surface area contributed by atoms with Gasteiger partial charge in [-0.15, -0.1) is 0 Å². The fourth-order valence-electron chi connectivity index (χ4n) is 3.40. The second-order valence-corrected chi connectivity index (χ2v) is 6.46. The van der Waals surface area contributed by atoms with Crippen molar-refractivity contribution in [2.75, 3.05) is 26.7 Å². The topological polar surface area (TPSA) is 61.4 Å². The molecule has 0 radical (unpaired) electrons. The summed E-state index contributed by atoms with van der Waals surface area (Å²) >= 11 is 0. The third-order valence-corrected chi connectivity index (χ3v) is 4.91. The SMILES string of the molecule is CNC(C)CNC(=O)C1CCCCC1C(=O)N1CCCC1. The summed E-state index contributed by atoms with van der Waals surface area (Å²) < 4.78 is 0. The van der Waals surface area contributed by atoms with E-state index in [2.05, 4.69) is 10.6 Å². The van der Waals surface area contributed by atoms with Crippen LogP contribution in [0.2, 0.25) is 0 Å². The van der Waals surface area contributed by atoms with Crippen LogP contribution in [0.3, 0.4) is 0 Å². The van der Waals surface area contributed by atoms with E-state index in [1.807, 2.05) is 18.9 Å². The van der Waals surface area contributed by atoms with Crippen LogP contribution in [0.1, 0.15) is 45.4 Å². The van der Waals surface area contributed by atoms with E-state index in [-0.39, 0.29) is 29.7 Å². The minimum Gasteiger partial charge on any atom is -0.354 e. The Morgan fingerprint density at radius 2 is 1.71 bits per heavy atom. The van der Waals surface area contributed by atoms with Gasteiger partial charge in [0.15, 0.2) is 0 Å². The predicted molar refractivity (Wildman–Crippen MR) is 82.8 cm³/mol. The summed E-state index contributed by atoms with van der Waals surface area (Å²) in [6, 6.07) is 0.255. The van der Waals surface area contributed by atoms with Gasteiger partial charge in [-0.1, -0.05) is 12.8 Å². The molecule has 120 valence electrons. The standard InChI is InChI=1S/C16H29N3O2/c1-12(17-2)11-18-15(20)13-7-3-4-8-14(13)16(21)19-9-5-6-10-19/h12-14,17H,3-11H2,1-2H3,(H,18,20). The van der Waals surface area contributed by atoms with Gasteiger partial charge in [0.1, 0.15) is 0 Å². The zero-order chi connectivity index (χ0) is 15.2. The Kier molecular flexibility index (Phi) is 6.03. The van der Waals surface area contributed by atoms with Crippen LogP contribution in [-0.2, 0) is 9.59 Å². The van der Waals surface area contributed by atoms with Gasteiger partial charge in [0.25, 0.3) is 0 Å². The lowest BCUT2D eigenvalue weighted by molar-refractivity contribution is -0.142. The molecule has 3 atom stereocenters. The average molecular weight is 295 g/mol. The minimum absolute atomic E-state index is 0.0642. The van der Waals surface area contributed by atoms with Crippen LogP contribution in [0.15, 0.2) is 0 Å². The molecule has 0 bridgehead atoms. The molecule has 0 aromatic heterocycles. The quantitative estimate of drug-likeness (QED) is 0.799. The van der Waals surface area contributed by atoms with Crippen molar-refractivity contribution < 1.29 is 9.59 Å². The molecule has 21 heavy (non-hydrogen) atoms. The molecule has 0 aromatic carbocycles. The van der Waals surface area contributed by atoms with Gasteiger partial charge in [-0.3, -0.25) is 9.59 Å². The van der Waals surface area contributed by atoms with Crippen LogP contribution in [-0.4, -0.2) is 49.4 Å². The molecule has 1 saturated heterocycles. The van der Waals surface area contributed by atoms with Crippen LogP contribution < -0.4 is 10.6 Å². The molecule has 5 nitrogen and oxygen atoms in total. The molecule has 0 aromatic rings. The van der Waals surface area contributed by atoms with Gasteiger partial charge in [0, 0.05) is 37.5 Å². The number of carbonyl (C=O) groups is 2. The third-order valence-electron chi connectivity index (χ3n) is 4.91. The van der Waals surface area contributed by atoms with Crippen molar-refractivity contribution in [1.82, 2.24) is 15.5 Å². The smallest absolute Gasteiger partial charge is 0.226 e. The van der Waals surface area contributed by atoms with Crippen LogP contribution in [0.25, 0.3) is 0 Å². The summed E-state index contributed by atoms with van der Waals surface area (Å²) in [6.07, 6.45) is 6.06. The molecule has 5 heteroatoms. The van der Waals surface area contributed by atoms with E-state index in [4.69, 9.17) is 0 Å². The first-order valence-electron chi connectivity index (χ1n) is 8.37. The average Bonchev–Trinajstić information content (AvgIpc) is 3.05. The van der Waals surface area contributed by atoms with E-state index in [9.17, 15) is 9.59 Å². The molecule has 1 heterocycles. The van der Waals surface area contributed by atoms with Gasteiger partial charge in [-0.05, 0) is 39.7 Å². The first-order chi connectivity index (χ1) is 10.1. The van der Waals surface area contributed by atoms with Crippen molar-refractivity contribution in [1.29, 1.82) is 0 Å². The monoisotopic (exact) mass is 295 g/mol. The Morgan fingerprint density at radius 3 is 2.33 bits per heavy atom. The molecule has 2 N–H and O–H groups in total. The highest BCUT2D eigenvalue weighted by Crippen LogP contribution is 2.32. The van der Waals surface area contributed by atoms with E-state index in [1.54, 1.807) is 0 Å². The maximum absolute atomic E-state index is 12.6. The third kappa shape index (κ3) is 4.19. The Morgan fingerprint density at radius 1 is 1.10 bits per heavy atom. The van der Waals surface area contributed by atoms with Gasteiger partial charge in [0.05, 0.1) is 0 Å². The van der Waals surface area contributed by atoms with Crippen molar-refractivity contribution in [3.8, 4) is 0 Å². The predicted octanol–water partition coefficient (Wildman–Crippen LogP) is 1.14. The van der Waals surface area contributed by atoms with E-state index in [0.29, 0.717) is 6.54 Å². The number of rotatable bonds is 5. The molecule has 0 spiro atoms. The van der Waals surface area contributed by atoms with Crippen LogP contribution in [0, 0.1) is 11.8 Å². The highest BCUT2D eigenvalue weighted by atomic mass is 16.2. The molecular weight excluding hydrogens is 266 g/mol. The molecule has 2 rings (SSSR count). The maximum atomic E-state index is 12.6. The summed E-state index contributed by atoms with van der Waals surface area (Å²) in [5.41, 5.74) is 0. The van der Waals surface area contributed by atoms with E-state index in [0.717, 1.165) is 51.6 Å². The Labute approximate surface area is 127 Å². The zero-order valence-electron chi connectivity index (χ0n) is 13.4. The zero-order valence-corrected chi connectivity index (χ0v) is 13.4. The number of nitrogens with zero attached hydrogens (tertiary/aromatic N) is 1. The molecule has 1 saturated carbocycles. The Balaban J connectivity index is 1.94. The van der Waals surface area contributed by atoms with Crippen LogP contribution in [0.4, 0.5) is 0 Å². The second-order valence-electron chi connectivity index (χ2n) is 6.46. The van der Waals surface area contributed by atoms with Crippen molar-refractivity contribution >= 4 is 11.8 Å². The number of carbonyl (C=O) groups excluding carboxylic acids is 2. The summed E-state index contributed by atoms with van der Waals surface area (Å²) in [7, 11) is 1.89. The number of likely N-dealkylation sites (tertiary alicyclic amines) is 1. The molecule has 3 unspecified atom stereocenters. The molecular formula is C16H29N3O2. The summed E-state index contributed by atoms with van der Waals surface area (Å²) in [5.74, 6) is 0.0565. The molecule has 2 amide bonds. The van der Waals surface area contributed by atoms with E-state index in [1.165, 1.54) is 0 Å². The molecule has 1 aliphatic heterocycles. The van der Waals surface area contributed by atoms with Gasteiger partial charge in [-0.25, -0.2) is 0 Å². The first-order valence-corrected chi connectivity index (χ1v) is 8.37. The summed E-state index contributed by atoms with van der Waals surface area (Å²) in [4.78, 5) is 27.0. The largest absolute Gasteiger partial charge is 0.354 e. The Bertz CT molecular complexity index is 367. The fraction of sp³-hybridized carbons (Fsp3) is 0.875. The lowest BCUT2D eigenvalue weighted by Gasteiger charge is -2.32. The van der Waals surface area contributed by atoms with Crippen LogP contribution >= 0.6 is 0 Å². The van der Waals surface area contributed by atoms with Gasteiger partial charge < -0.3 is 15.5 Å². The number of hydrogen-bond acceptors (Lipinski definition) is 3. The van der Waals surface area contributed by atoms with Crippen LogP contribution in [0.5, 0.6) is 0 Å². The maximum Gasteiger partial charge on any atom is 0.226 e. The highest BCUT2D eigenvalue weighted by molar-refractivity contribution is 5.88. The van der Waals surface area contributed by atoms with Crippen molar-refractivity contribution in [3.05, 3.63) is 0 Å². The van der Waals surface area contributed by atoms with Crippen molar-refractivity contribution in [3.63, 3.8) is 0 Å². The van der Waals surface area contributed by atoms with E-state index < -0.39 is 0 Å². The lowest BCUT2D eigenvalue weighted by atomic mass is 9.78. The number of amides is 2. The van der Waals surface area contributed by atoms with Gasteiger partial charge in [-0.2, -0.15) is 0 Å². The van der Waals surface area contributed by atoms with Gasteiger partial charge >= 0.3 is 0 Å². The van der Waals surface area contributed by atoms with Crippen molar-refractivity contribution in [2.45, 2.75) is 51.5 Å². The number of hydrogen-bond donors (Lipinski definition) is 2. The van der Waals surface area contributed by atoms with Crippen molar-refractivity contribution in [2.24, 2.45) is 11.8 Å². The number of likely N-dealkylation sites (N-methyl/N-ethyl adjacent to an activating group) is 1. The number of nitrogens with one attached hydrogen (secondary N) is 2. The fourth-order valence-corrected chi connectivity index (χ4v) is 3.40. The van der Waals surface area contributed by atoms with E-state index >= 15 is 0 Å². The van der Waals surface area contributed by atoms with Gasteiger partial charge in [0.2, 0.25) is 11.8 Å². The molecule has 2 aliphatic rings. The molecule has 1 aliphatic carbocycles. The highest BCUT2D eigenvalue weighted by Gasteiger charge is 2.38. The summed E-state index contributed by atoms with van der Waals surface area (Å²) in [6.45, 7) is 4.41. The first kappa shape index (κ1) is 16.3. The summed E-state index contributed by atoms with van der Waals surface area (Å²) in [5, 5.41) is 6.12. The normalized spacial score (nSPS) is 27.4. The second kappa shape index (κ2) is 7.78.